The quantitative estimate of drug-likeness (QED) is 0.602. The Balaban J connectivity index is 1.36. The normalized spacial score (nSPS) is 15.2. The van der Waals surface area contributed by atoms with Gasteiger partial charge in [-0.25, -0.2) is 21.9 Å². The van der Waals surface area contributed by atoms with E-state index in [0.29, 0.717) is 6.07 Å². The molecule has 7 nitrogen and oxygen atoms in total. The largest absolute Gasteiger partial charge is 0.340 e. The van der Waals surface area contributed by atoms with Crippen LogP contribution in [0.2, 0.25) is 0 Å². The fourth-order valence-electron chi connectivity index (χ4n) is 3.44. The van der Waals surface area contributed by atoms with Crippen LogP contribution in [0.3, 0.4) is 0 Å². The van der Waals surface area contributed by atoms with E-state index in [1.165, 1.54) is 4.31 Å². The Labute approximate surface area is 178 Å². The second kappa shape index (κ2) is 8.56. The first-order valence-corrected chi connectivity index (χ1v) is 11.1. The SMILES string of the molecule is O=C(Cc1ccc(-n2cccn2)cc1)N1CCN(S(=O)(=O)c2ccc(F)c(F)c2)CC1. The highest BCUT2D eigenvalue weighted by molar-refractivity contribution is 7.89. The molecule has 1 aromatic heterocycles. The fraction of sp³-hybridized carbons (Fsp3) is 0.238. The van der Waals surface area contributed by atoms with Gasteiger partial charge in [0.1, 0.15) is 0 Å². The number of hydrogen-bond acceptors (Lipinski definition) is 4. The third-order valence-electron chi connectivity index (χ3n) is 5.18. The average molecular weight is 446 g/mol. The zero-order chi connectivity index (χ0) is 22.0. The zero-order valence-corrected chi connectivity index (χ0v) is 17.3. The molecule has 0 spiro atoms. The van der Waals surface area contributed by atoms with Gasteiger partial charge in [0.05, 0.1) is 17.0 Å². The number of nitrogens with zero attached hydrogens (tertiary/aromatic N) is 4. The number of carbonyl (C=O) groups excluding carboxylic acids is 1. The lowest BCUT2D eigenvalue weighted by atomic mass is 10.1. The van der Waals surface area contributed by atoms with Crippen molar-refractivity contribution in [1.82, 2.24) is 19.0 Å². The van der Waals surface area contributed by atoms with Crippen molar-refractivity contribution in [3.63, 3.8) is 0 Å². The lowest BCUT2D eigenvalue weighted by Gasteiger charge is -2.34. The summed E-state index contributed by atoms with van der Waals surface area (Å²) < 4.78 is 54.8. The standard InChI is InChI=1S/C21H20F2N4O3S/c22-19-7-6-18(15-20(19)23)31(29,30)26-12-10-25(11-13-26)21(28)14-16-2-4-17(5-3-16)27-9-1-8-24-27/h1-9,15H,10-14H2. The second-order valence-electron chi connectivity index (χ2n) is 7.15. The molecular weight excluding hydrogens is 426 g/mol. The molecule has 1 saturated heterocycles. The van der Waals surface area contributed by atoms with Crippen molar-refractivity contribution < 1.29 is 22.0 Å². The van der Waals surface area contributed by atoms with Crippen LogP contribution in [0.1, 0.15) is 5.56 Å². The molecule has 2 aromatic carbocycles. The highest BCUT2D eigenvalue weighted by atomic mass is 32.2. The highest BCUT2D eigenvalue weighted by Gasteiger charge is 2.30. The van der Waals surface area contributed by atoms with Crippen LogP contribution < -0.4 is 0 Å². The molecule has 1 amide bonds. The topological polar surface area (TPSA) is 75.5 Å². The first-order chi connectivity index (χ1) is 14.8. The Morgan fingerprint density at radius 2 is 1.68 bits per heavy atom. The molecular formula is C21H20F2N4O3S. The Morgan fingerprint density at radius 1 is 0.968 bits per heavy atom. The third kappa shape index (κ3) is 4.49. The Hall–Kier alpha value is -3.11. The Morgan fingerprint density at radius 3 is 2.29 bits per heavy atom. The maximum Gasteiger partial charge on any atom is 0.243 e. The summed E-state index contributed by atoms with van der Waals surface area (Å²) in [5.74, 6) is -2.42. The molecule has 0 bridgehead atoms. The van der Waals surface area contributed by atoms with Gasteiger partial charge in [0.2, 0.25) is 15.9 Å². The van der Waals surface area contributed by atoms with Gasteiger partial charge < -0.3 is 4.90 Å². The van der Waals surface area contributed by atoms with Crippen molar-refractivity contribution in [2.24, 2.45) is 0 Å². The van der Waals surface area contributed by atoms with Gasteiger partial charge in [-0.15, -0.1) is 0 Å². The highest BCUT2D eigenvalue weighted by Crippen LogP contribution is 2.20. The molecule has 0 radical (unpaired) electrons. The first kappa shape index (κ1) is 21.1. The molecule has 2 heterocycles. The van der Waals surface area contributed by atoms with Crippen LogP contribution in [0.5, 0.6) is 0 Å². The molecule has 4 rings (SSSR count). The summed E-state index contributed by atoms with van der Waals surface area (Å²) in [5.41, 5.74) is 1.73. The zero-order valence-electron chi connectivity index (χ0n) is 16.5. The molecule has 0 N–H and O–H groups in total. The van der Waals surface area contributed by atoms with Crippen LogP contribution in [-0.4, -0.2) is 59.5 Å². The van der Waals surface area contributed by atoms with Gasteiger partial charge in [-0.2, -0.15) is 9.40 Å². The van der Waals surface area contributed by atoms with Gasteiger partial charge in [0.15, 0.2) is 11.6 Å². The molecule has 3 aromatic rings. The van der Waals surface area contributed by atoms with Crippen LogP contribution in [0.4, 0.5) is 8.78 Å². The van der Waals surface area contributed by atoms with Gasteiger partial charge in [0, 0.05) is 38.6 Å². The number of hydrogen-bond donors (Lipinski definition) is 0. The van der Waals surface area contributed by atoms with E-state index in [1.54, 1.807) is 15.8 Å². The maximum atomic E-state index is 13.4. The number of amides is 1. The minimum absolute atomic E-state index is 0.0886. The summed E-state index contributed by atoms with van der Waals surface area (Å²) in [6, 6.07) is 11.8. The lowest BCUT2D eigenvalue weighted by Crippen LogP contribution is -2.50. The number of piperazine rings is 1. The van der Waals surface area contributed by atoms with Gasteiger partial charge in [0.25, 0.3) is 0 Å². The summed E-state index contributed by atoms with van der Waals surface area (Å²) in [5, 5.41) is 4.16. The van der Waals surface area contributed by atoms with E-state index in [0.717, 1.165) is 23.4 Å². The van der Waals surface area contributed by atoms with Crippen LogP contribution in [-0.2, 0) is 21.2 Å². The monoisotopic (exact) mass is 446 g/mol. The minimum Gasteiger partial charge on any atom is -0.340 e. The summed E-state index contributed by atoms with van der Waals surface area (Å²) in [4.78, 5) is 13.9. The van der Waals surface area contributed by atoms with E-state index >= 15 is 0 Å². The third-order valence-corrected chi connectivity index (χ3v) is 7.08. The number of rotatable bonds is 5. The fourth-order valence-corrected chi connectivity index (χ4v) is 4.87. The molecule has 162 valence electrons. The average Bonchev–Trinajstić information content (AvgIpc) is 3.31. The summed E-state index contributed by atoms with van der Waals surface area (Å²) >= 11 is 0. The van der Waals surface area contributed by atoms with Crippen molar-refractivity contribution in [3.8, 4) is 5.69 Å². The predicted octanol–water partition coefficient (Wildman–Crippen LogP) is 2.23. The van der Waals surface area contributed by atoms with Crippen molar-refractivity contribution in [1.29, 1.82) is 0 Å². The lowest BCUT2D eigenvalue weighted by molar-refractivity contribution is -0.131. The molecule has 1 aliphatic heterocycles. The summed E-state index contributed by atoms with van der Waals surface area (Å²) in [7, 11) is -3.96. The molecule has 1 fully saturated rings. The predicted molar refractivity (Wildman–Crippen MR) is 109 cm³/mol. The van der Waals surface area contributed by atoms with E-state index < -0.39 is 21.7 Å². The van der Waals surface area contributed by atoms with Crippen molar-refractivity contribution >= 4 is 15.9 Å². The van der Waals surface area contributed by atoms with Crippen LogP contribution in [0, 0.1) is 11.6 Å². The van der Waals surface area contributed by atoms with Crippen LogP contribution in [0.25, 0.3) is 5.69 Å². The first-order valence-electron chi connectivity index (χ1n) is 9.66. The van der Waals surface area contributed by atoms with Crippen LogP contribution >= 0.6 is 0 Å². The van der Waals surface area contributed by atoms with Crippen molar-refractivity contribution in [2.45, 2.75) is 11.3 Å². The number of halogens is 2. The maximum absolute atomic E-state index is 13.4. The molecule has 0 saturated carbocycles. The van der Waals surface area contributed by atoms with Gasteiger partial charge in [-0.05, 0) is 42.0 Å². The second-order valence-corrected chi connectivity index (χ2v) is 9.09. The molecule has 0 atom stereocenters. The van der Waals surface area contributed by atoms with Gasteiger partial charge in [-0.1, -0.05) is 12.1 Å². The van der Waals surface area contributed by atoms with E-state index in [-0.39, 0.29) is 43.4 Å². The summed E-state index contributed by atoms with van der Waals surface area (Å²) in [6.45, 7) is 0.636. The molecule has 1 aliphatic rings. The summed E-state index contributed by atoms with van der Waals surface area (Å²) in [6.07, 6.45) is 3.72. The van der Waals surface area contributed by atoms with Gasteiger partial charge >= 0.3 is 0 Å². The molecule has 0 unspecified atom stereocenters. The number of aromatic nitrogens is 2. The van der Waals surface area contributed by atoms with E-state index in [4.69, 9.17) is 0 Å². The Kier molecular flexibility index (Phi) is 5.84. The number of benzene rings is 2. The molecule has 31 heavy (non-hydrogen) atoms. The van der Waals surface area contributed by atoms with Gasteiger partial charge in [-0.3, -0.25) is 4.79 Å². The van der Waals surface area contributed by atoms with Crippen LogP contribution in [0.15, 0.2) is 65.8 Å². The Bertz CT molecular complexity index is 1170. The van der Waals surface area contributed by atoms with Crippen molar-refractivity contribution in [3.05, 3.63) is 78.1 Å². The molecule has 10 heteroatoms. The molecule has 0 aliphatic carbocycles. The van der Waals surface area contributed by atoms with Crippen molar-refractivity contribution in [2.75, 3.05) is 26.2 Å². The minimum atomic E-state index is -3.96. The number of carbonyl (C=O) groups is 1. The van der Waals surface area contributed by atoms with E-state index in [9.17, 15) is 22.0 Å². The number of sulfonamides is 1. The van der Waals surface area contributed by atoms with E-state index in [2.05, 4.69) is 5.10 Å². The smallest absolute Gasteiger partial charge is 0.243 e. The van der Waals surface area contributed by atoms with E-state index in [1.807, 2.05) is 36.5 Å².